The molecule has 0 saturated heterocycles. The number of aliphatic hydroxyl groups is 1. The van der Waals surface area contributed by atoms with E-state index in [1.54, 1.807) is 0 Å². The third-order valence-corrected chi connectivity index (χ3v) is 0.764. The van der Waals surface area contributed by atoms with Crippen molar-refractivity contribution < 1.29 is 15.0 Å². The molecule has 0 aromatic rings. The van der Waals surface area contributed by atoms with Crippen LogP contribution in [0.2, 0.25) is 0 Å². The molecule has 0 radical (unpaired) electrons. The van der Waals surface area contributed by atoms with Crippen molar-refractivity contribution in [3.05, 3.63) is 0 Å². The third kappa shape index (κ3) is 4.85. The number of carboxylic acid groups (broad SMARTS) is 1. The second-order valence-electron chi connectivity index (χ2n) is 1.66. The molecule has 50 valence electrons. The first-order chi connectivity index (χ1) is 4.16. The van der Waals surface area contributed by atoms with Crippen LogP contribution in [0.5, 0.6) is 0 Å². The highest BCUT2D eigenvalue weighted by Gasteiger charge is 2.06. The summed E-state index contributed by atoms with van der Waals surface area (Å²) in [5, 5.41) is 16.8. The summed E-state index contributed by atoms with van der Waals surface area (Å²) >= 11 is 0. The molecule has 0 unspecified atom stereocenters. The molecular weight excluding hydrogens is 120 g/mol. The number of terminal acetylenes is 1. The van der Waals surface area contributed by atoms with Crippen molar-refractivity contribution in [2.24, 2.45) is 0 Å². The predicted octanol–water partition coefficient (Wildman–Crippen LogP) is -0.155. The maximum absolute atomic E-state index is 9.86. The van der Waals surface area contributed by atoms with Crippen molar-refractivity contribution >= 4 is 5.97 Å². The van der Waals surface area contributed by atoms with Crippen molar-refractivity contribution in [3.8, 4) is 12.3 Å². The third-order valence-electron chi connectivity index (χ3n) is 0.764. The van der Waals surface area contributed by atoms with Crippen LogP contribution in [0.1, 0.15) is 12.8 Å². The highest BCUT2D eigenvalue weighted by molar-refractivity contribution is 5.67. The highest BCUT2D eigenvalue weighted by atomic mass is 16.4. The van der Waals surface area contributed by atoms with Gasteiger partial charge in [-0.25, -0.2) is 0 Å². The molecule has 0 heterocycles. The van der Waals surface area contributed by atoms with Crippen molar-refractivity contribution in [2.75, 3.05) is 0 Å². The Bertz CT molecular complexity index is 134. The lowest BCUT2D eigenvalue weighted by molar-refractivity contribution is -0.139. The number of aliphatic carboxylic acids is 1. The van der Waals surface area contributed by atoms with Crippen LogP contribution in [0.15, 0.2) is 0 Å². The second kappa shape index (κ2) is 3.93. The van der Waals surface area contributed by atoms with Gasteiger partial charge in [0.15, 0.2) is 0 Å². The zero-order valence-corrected chi connectivity index (χ0v) is 4.87. The van der Waals surface area contributed by atoms with Gasteiger partial charge in [0.05, 0.1) is 12.5 Å². The summed E-state index contributed by atoms with van der Waals surface area (Å²) in [6, 6.07) is 0. The normalized spacial score (nSPS) is 12.0. The van der Waals surface area contributed by atoms with E-state index in [2.05, 4.69) is 5.92 Å². The zero-order chi connectivity index (χ0) is 7.28. The van der Waals surface area contributed by atoms with Gasteiger partial charge in [0.25, 0.3) is 0 Å². The fourth-order valence-corrected chi connectivity index (χ4v) is 0.410. The molecule has 0 aliphatic rings. The molecule has 9 heavy (non-hydrogen) atoms. The first-order valence-electron chi connectivity index (χ1n) is 2.50. The van der Waals surface area contributed by atoms with Crippen LogP contribution in [-0.2, 0) is 4.79 Å². The Kier molecular flexibility index (Phi) is 3.49. The van der Waals surface area contributed by atoms with Gasteiger partial charge in [-0.1, -0.05) is 0 Å². The van der Waals surface area contributed by atoms with Gasteiger partial charge >= 0.3 is 5.97 Å². The molecule has 1 atom stereocenters. The molecule has 3 heteroatoms. The maximum Gasteiger partial charge on any atom is 0.306 e. The second-order valence-corrected chi connectivity index (χ2v) is 1.66. The Hall–Kier alpha value is -1.01. The summed E-state index contributed by atoms with van der Waals surface area (Å²) in [7, 11) is 0. The van der Waals surface area contributed by atoms with Gasteiger partial charge in [-0.3, -0.25) is 4.79 Å². The van der Waals surface area contributed by atoms with Crippen LogP contribution in [-0.4, -0.2) is 22.3 Å². The van der Waals surface area contributed by atoms with Gasteiger partial charge in [0, 0.05) is 6.42 Å². The molecule has 0 fully saturated rings. The summed E-state index contributed by atoms with van der Waals surface area (Å²) in [6.45, 7) is 0. The van der Waals surface area contributed by atoms with Crippen LogP contribution < -0.4 is 0 Å². The molecule has 0 aliphatic carbocycles. The number of rotatable bonds is 3. The van der Waals surface area contributed by atoms with Crippen molar-refractivity contribution in [1.82, 2.24) is 0 Å². The average Bonchev–Trinajstić information content (AvgIpc) is 1.63. The minimum atomic E-state index is -1.03. The molecule has 0 aliphatic heterocycles. The van der Waals surface area contributed by atoms with E-state index in [9.17, 15) is 4.79 Å². The van der Waals surface area contributed by atoms with Gasteiger partial charge in [0.1, 0.15) is 0 Å². The molecule has 0 amide bonds. The summed E-state index contributed by atoms with van der Waals surface area (Å²) in [6.07, 6.45) is 3.74. The average molecular weight is 128 g/mol. The molecule has 0 aromatic heterocycles. The van der Waals surface area contributed by atoms with Gasteiger partial charge in [0.2, 0.25) is 0 Å². The minimum absolute atomic E-state index is 0.103. The summed E-state index contributed by atoms with van der Waals surface area (Å²) in [5.74, 6) is 1.13. The SMILES string of the molecule is C#CC[C@@H](O)CC(=O)O. The van der Waals surface area contributed by atoms with E-state index in [1.165, 1.54) is 0 Å². The van der Waals surface area contributed by atoms with Gasteiger partial charge in [-0.05, 0) is 0 Å². The largest absolute Gasteiger partial charge is 0.481 e. The summed E-state index contributed by atoms with van der Waals surface area (Å²) in [4.78, 5) is 9.86. The first kappa shape index (κ1) is 7.99. The van der Waals surface area contributed by atoms with Gasteiger partial charge in [-0.15, -0.1) is 12.3 Å². The standard InChI is InChI=1S/C6H8O3/c1-2-3-5(7)4-6(8)9/h1,5,7H,3-4H2,(H,8,9)/t5-/m1/s1. The van der Waals surface area contributed by atoms with Crippen LogP contribution in [0.3, 0.4) is 0 Å². The quantitative estimate of drug-likeness (QED) is 0.519. The number of carbonyl (C=O) groups is 1. The zero-order valence-electron chi connectivity index (χ0n) is 4.87. The van der Waals surface area contributed by atoms with Crippen LogP contribution >= 0.6 is 0 Å². The summed E-state index contributed by atoms with van der Waals surface area (Å²) < 4.78 is 0. The molecule has 0 bridgehead atoms. The Balaban J connectivity index is 3.40. The van der Waals surface area contributed by atoms with Crippen LogP contribution in [0.4, 0.5) is 0 Å². The number of aliphatic hydroxyl groups excluding tert-OH is 1. The highest BCUT2D eigenvalue weighted by Crippen LogP contribution is 1.94. The molecule has 0 rings (SSSR count). The van der Waals surface area contributed by atoms with E-state index < -0.39 is 12.1 Å². The van der Waals surface area contributed by atoms with Crippen molar-refractivity contribution in [1.29, 1.82) is 0 Å². The van der Waals surface area contributed by atoms with Crippen LogP contribution in [0, 0.1) is 12.3 Å². The fourth-order valence-electron chi connectivity index (χ4n) is 0.410. The molecule has 0 saturated carbocycles. The Morgan fingerprint density at radius 3 is 2.67 bits per heavy atom. The van der Waals surface area contributed by atoms with E-state index in [1.807, 2.05) is 0 Å². The Morgan fingerprint density at radius 2 is 2.33 bits per heavy atom. The number of hydrogen-bond acceptors (Lipinski definition) is 2. The van der Waals surface area contributed by atoms with E-state index in [0.29, 0.717) is 0 Å². The van der Waals surface area contributed by atoms with E-state index in [0.717, 1.165) is 0 Å². The van der Waals surface area contributed by atoms with Gasteiger partial charge < -0.3 is 10.2 Å². The van der Waals surface area contributed by atoms with E-state index in [-0.39, 0.29) is 12.8 Å². The lowest BCUT2D eigenvalue weighted by atomic mass is 10.2. The minimum Gasteiger partial charge on any atom is -0.481 e. The monoisotopic (exact) mass is 128 g/mol. The predicted molar refractivity (Wildman–Crippen MR) is 31.7 cm³/mol. The number of hydrogen-bond donors (Lipinski definition) is 2. The topological polar surface area (TPSA) is 57.5 Å². The molecule has 0 aromatic carbocycles. The maximum atomic E-state index is 9.86. The Morgan fingerprint density at radius 1 is 1.78 bits per heavy atom. The van der Waals surface area contributed by atoms with Crippen LogP contribution in [0.25, 0.3) is 0 Å². The van der Waals surface area contributed by atoms with Crippen molar-refractivity contribution in [3.63, 3.8) is 0 Å². The first-order valence-corrected chi connectivity index (χ1v) is 2.50. The fraction of sp³-hybridized carbons (Fsp3) is 0.500. The molecule has 0 spiro atoms. The van der Waals surface area contributed by atoms with E-state index in [4.69, 9.17) is 16.6 Å². The lowest BCUT2D eigenvalue weighted by Gasteiger charge is -1.99. The lowest BCUT2D eigenvalue weighted by Crippen LogP contribution is -2.11. The Labute approximate surface area is 53.3 Å². The van der Waals surface area contributed by atoms with E-state index >= 15 is 0 Å². The molecule has 2 N–H and O–H groups in total. The molecule has 3 nitrogen and oxygen atoms in total. The summed E-state index contributed by atoms with van der Waals surface area (Å²) in [5.41, 5.74) is 0. The number of carboxylic acids is 1. The molecular formula is C6H8O3. The van der Waals surface area contributed by atoms with Gasteiger partial charge in [-0.2, -0.15) is 0 Å². The smallest absolute Gasteiger partial charge is 0.306 e. The van der Waals surface area contributed by atoms with Crippen molar-refractivity contribution in [2.45, 2.75) is 18.9 Å².